The molecular formula is C21H34N2O3. The molecule has 2 aliphatic heterocycles. The predicted octanol–water partition coefficient (Wildman–Crippen LogP) is 2.36. The number of aliphatic hydroxyl groups excluding tert-OH is 1. The minimum Gasteiger partial charge on any atom is -0.496 e. The molecule has 1 aromatic rings. The number of piperazine rings is 1. The highest BCUT2D eigenvalue weighted by Crippen LogP contribution is 2.27. The van der Waals surface area contributed by atoms with Gasteiger partial charge in [0.25, 0.3) is 0 Å². The van der Waals surface area contributed by atoms with Gasteiger partial charge >= 0.3 is 0 Å². The van der Waals surface area contributed by atoms with Gasteiger partial charge in [-0.3, -0.25) is 9.80 Å². The molecule has 2 saturated heterocycles. The zero-order chi connectivity index (χ0) is 18.5. The maximum Gasteiger partial charge on any atom is 0.122 e. The molecule has 5 heteroatoms. The first-order chi connectivity index (χ1) is 12.6. The molecule has 146 valence electrons. The van der Waals surface area contributed by atoms with Crippen LogP contribution < -0.4 is 4.74 Å². The van der Waals surface area contributed by atoms with Crippen molar-refractivity contribution in [2.75, 3.05) is 46.6 Å². The molecule has 0 bridgehead atoms. The Labute approximate surface area is 157 Å². The van der Waals surface area contributed by atoms with Crippen LogP contribution in [0.2, 0.25) is 0 Å². The molecular weight excluding hydrogens is 328 g/mol. The Morgan fingerprint density at radius 3 is 2.62 bits per heavy atom. The van der Waals surface area contributed by atoms with Crippen molar-refractivity contribution in [2.45, 2.75) is 51.7 Å². The molecule has 2 aliphatic rings. The van der Waals surface area contributed by atoms with Crippen LogP contribution in [0.15, 0.2) is 12.1 Å². The number of nitrogens with zero attached hydrogens (tertiary/aromatic N) is 2. The first-order valence-corrected chi connectivity index (χ1v) is 9.93. The van der Waals surface area contributed by atoms with E-state index in [1.54, 1.807) is 7.11 Å². The van der Waals surface area contributed by atoms with Crippen molar-refractivity contribution in [3.63, 3.8) is 0 Å². The summed E-state index contributed by atoms with van der Waals surface area (Å²) in [4.78, 5) is 5.19. The second-order valence-corrected chi connectivity index (χ2v) is 7.65. The number of hydrogen-bond donors (Lipinski definition) is 1. The van der Waals surface area contributed by atoms with Crippen molar-refractivity contribution in [1.82, 2.24) is 9.80 Å². The van der Waals surface area contributed by atoms with E-state index in [-0.39, 0.29) is 6.61 Å². The summed E-state index contributed by atoms with van der Waals surface area (Å²) in [5.41, 5.74) is 3.91. The topological polar surface area (TPSA) is 45.2 Å². The maximum atomic E-state index is 9.58. The van der Waals surface area contributed by atoms with Crippen LogP contribution in [0.3, 0.4) is 0 Å². The third-order valence-corrected chi connectivity index (χ3v) is 6.25. The van der Waals surface area contributed by atoms with Crippen molar-refractivity contribution in [3.05, 3.63) is 28.8 Å². The summed E-state index contributed by atoms with van der Waals surface area (Å²) in [5.74, 6) is 0.961. The van der Waals surface area contributed by atoms with Crippen molar-refractivity contribution in [1.29, 1.82) is 0 Å². The lowest BCUT2D eigenvalue weighted by molar-refractivity contribution is -0.0117. The van der Waals surface area contributed by atoms with E-state index >= 15 is 0 Å². The van der Waals surface area contributed by atoms with Crippen molar-refractivity contribution >= 4 is 0 Å². The minimum absolute atomic E-state index is 0.253. The molecule has 0 spiro atoms. The SMILES string of the molecule is COc1ccc(CN2CCN(C3CCOCC3)C[C@H]2CCO)c(C)c1C. The average molecular weight is 363 g/mol. The number of hydrogen-bond acceptors (Lipinski definition) is 5. The van der Waals surface area contributed by atoms with Gasteiger partial charge in [-0.1, -0.05) is 6.07 Å². The highest BCUT2D eigenvalue weighted by molar-refractivity contribution is 5.43. The summed E-state index contributed by atoms with van der Waals surface area (Å²) in [7, 11) is 1.73. The number of benzene rings is 1. The molecule has 1 N–H and O–H groups in total. The fourth-order valence-electron chi connectivity index (χ4n) is 4.39. The lowest BCUT2D eigenvalue weighted by atomic mass is 9.99. The summed E-state index contributed by atoms with van der Waals surface area (Å²) < 4.78 is 11.0. The summed E-state index contributed by atoms with van der Waals surface area (Å²) in [6.45, 7) is 10.5. The lowest BCUT2D eigenvalue weighted by Crippen LogP contribution is -2.56. The summed E-state index contributed by atoms with van der Waals surface area (Å²) >= 11 is 0. The predicted molar refractivity (Wildman–Crippen MR) is 104 cm³/mol. The van der Waals surface area contributed by atoms with E-state index in [0.717, 1.165) is 64.4 Å². The largest absolute Gasteiger partial charge is 0.496 e. The van der Waals surface area contributed by atoms with Gasteiger partial charge in [0.05, 0.1) is 7.11 Å². The van der Waals surface area contributed by atoms with Crippen molar-refractivity contribution in [3.8, 4) is 5.75 Å². The fraction of sp³-hybridized carbons (Fsp3) is 0.714. The van der Waals surface area contributed by atoms with Crippen LogP contribution in [0, 0.1) is 13.8 Å². The normalized spacial score (nSPS) is 23.3. The summed E-state index contributed by atoms with van der Waals surface area (Å²) in [5, 5.41) is 9.58. The molecule has 0 saturated carbocycles. The monoisotopic (exact) mass is 362 g/mol. The van der Waals surface area contributed by atoms with E-state index in [1.165, 1.54) is 16.7 Å². The Hall–Kier alpha value is -1.14. The molecule has 2 heterocycles. The third-order valence-electron chi connectivity index (χ3n) is 6.25. The number of methoxy groups -OCH3 is 1. The van der Waals surface area contributed by atoms with Gasteiger partial charge in [0, 0.05) is 58.1 Å². The Balaban J connectivity index is 1.68. The quantitative estimate of drug-likeness (QED) is 0.842. The van der Waals surface area contributed by atoms with Gasteiger partial charge in [-0.2, -0.15) is 0 Å². The van der Waals surface area contributed by atoms with Crippen LogP contribution in [-0.2, 0) is 11.3 Å². The number of aliphatic hydroxyl groups is 1. The van der Waals surface area contributed by atoms with E-state index in [0.29, 0.717) is 12.1 Å². The van der Waals surface area contributed by atoms with Crippen LogP contribution in [-0.4, -0.2) is 73.6 Å². The van der Waals surface area contributed by atoms with Crippen LogP contribution >= 0.6 is 0 Å². The summed E-state index contributed by atoms with van der Waals surface area (Å²) in [6.07, 6.45) is 3.12. The van der Waals surface area contributed by atoms with Crippen LogP contribution in [0.5, 0.6) is 5.75 Å². The molecule has 0 amide bonds. The molecule has 5 nitrogen and oxygen atoms in total. The Kier molecular flexibility index (Phi) is 6.92. The minimum atomic E-state index is 0.253. The fourth-order valence-corrected chi connectivity index (χ4v) is 4.39. The van der Waals surface area contributed by atoms with Gasteiger partial charge in [0.15, 0.2) is 0 Å². The maximum absolute atomic E-state index is 9.58. The summed E-state index contributed by atoms with van der Waals surface area (Å²) in [6, 6.07) is 5.34. The lowest BCUT2D eigenvalue weighted by Gasteiger charge is -2.45. The third kappa shape index (κ3) is 4.39. The van der Waals surface area contributed by atoms with Gasteiger partial charge in [0.1, 0.15) is 5.75 Å². The van der Waals surface area contributed by atoms with E-state index in [9.17, 15) is 5.11 Å². The Bertz CT molecular complexity index is 587. The first-order valence-electron chi connectivity index (χ1n) is 9.93. The average Bonchev–Trinajstić information content (AvgIpc) is 2.68. The second-order valence-electron chi connectivity index (χ2n) is 7.65. The van der Waals surface area contributed by atoms with Crippen LogP contribution in [0.4, 0.5) is 0 Å². The van der Waals surface area contributed by atoms with Gasteiger partial charge in [0.2, 0.25) is 0 Å². The first kappa shape index (κ1) is 19.6. The molecule has 1 atom stereocenters. The van der Waals surface area contributed by atoms with E-state index < -0.39 is 0 Å². The van der Waals surface area contributed by atoms with E-state index in [4.69, 9.17) is 9.47 Å². The highest BCUT2D eigenvalue weighted by Gasteiger charge is 2.31. The molecule has 2 fully saturated rings. The van der Waals surface area contributed by atoms with Gasteiger partial charge in [-0.15, -0.1) is 0 Å². The smallest absolute Gasteiger partial charge is 0.122 e. The van der Waals surface area contributed by atoms with E-state index in [2.05, 4.69) is 35.8 Å². The molecule has 0 aliphatic carbocycles. The second kappa shape index (κ2) is 9.18. The van der Waals surface area contributed by atoms with Crippen molar-refractivity contribution in [2.24, 2.45) is 0 Å². The highest BCUT2D eigenvalue weighted by atomic mass is 16.5. The Morgan fingerprint density at radius 2 is 1.92 bits per heavy atom. The van der Waals surface area contributed by atoms with Gasteiger partial charge in [-0.25, -0.2) is 0 Å². The van der Waals surface area contributed by atoms with Gasteiger partial charge in [-0.05, 0) is 55.9 Å². The molecule has 0 aromatic heterocycles. The molecule has 1 aromatic carbocycles. The molecule has 0 unspecified atom stereocenters. The molecule has 26 heavy (non-hydrogen) atoms. The zero-order valence-electron chi connectivity index (χ0n) is 16.5. The molecule has 3 rings (SSSR count). The molecule has 0 radical (unpaired) electrons. The van der Waals surface area contributed by atoms with E-state index in [1.807, 2.05) is 0 Å². The van der Waals surface area contributed by atoms with Crippen LogP contribution in [0.1, 0.15) is 36.0 Å². The standard InChI is InChI=1S/C21H34N2O3/c1-16-17(2)21(25-3)5-4-18(16)14-22-9-10-23(15-20(22)6-11-24)19-7-12-26-13-8-19/h4-5,19-20,24H,6-15H2,1-3H3/t20-/m1/s1. The zero-order valence-corrected chi connectivity index (χ0v) is 16.5. The van der Waals surface area contributed by atoms with Crippen LogP contribution in [0.25, 0.3) is 0 Å². The Morgan fingerprint density at radius 1 is 1.15 bits per heavy atom. The van der Waals surface area contributed by atoms with Crippen molar-refractivity contribution < 1.29 is 14.6 Å². The van der Waals surface area contributed by atoms with Gasteiger partial charge < -0.3 is 14.6 Å². The number of rotatable bonds is 6. The number of ether oxygens (including phenoxy) is 2.